The molecule has 0 bridgehead atoms. The van der Waals surface area contributed by atoms with Crippen LogP contribution < -0.4 is 19.7 Å². The van der Waals surface area contributed by atoms with Gasteiger partial charge in [-0.05, 0) is 11.8 Å². The van der Waals surface area contributed by atoms with Crippen molar-refractivity contribution in [3.63, 3.8) is 0 Å². The van der Waals surface area contributed by atoms with Gasteiger partial charge in [0.1, 0.15) is 21.5 Å². The van der Waals surface area contributed by atoms with Crippen molar-refractivity contribution < 1.29 is 23.9 Å². The van der Waals surface area contributed by atoms with E-state index >= 15 is 0 Å². The molecule has 0 unspecified atom stereocenters. The first-order valence-electron chi connectivity index (χ1n) is 7.94. The molecule has 2 rings (SSSR count). The Hall–Kier alpha value is -2.39. The molecule has 1 aliphatic heterocycles. The summed E-state index contributed by atoms with van der Waals surface area (Å²) in [5.41, 5.74) is 0.159. The molecule has 1 aromatic carbocycles. The maximum Gasteiger partial charge on any atom is 0.258 e. The Morgan fingerprint density at radius 1 is 1.07 bits per heavy atom. The van der Waals surface area contributed by atoms with Crippen molar-refractivity contribution in [2.24, 2.45) is 5.41 Å². The number of thiocarbonyl (C=S) groups is 1. The van der Waals surface area contributed by atoms with E-state index in [4.69, 9.17) is 21.7 Å². The maximum absolute atomic E-state index is 12.2. The summed E-state index contributed by atoms with van der Waals surface area (Å²) >= 11 is 6.18. The number of nitrogens with zero attached hydrogens (tertiary/aromatic N) is 1. The number of amides is 2. The van der Waals surface area contributed by atoms with Gasteiger partial charge in [-0.15, -0.1) is 0 Å². The van der Waals surface area contributed by atoms with Crippen LogP contribution in [0.3, 0.4) is 0 Å². The molecule has 0 saturated heterocycles. The van der Waals surface area contributed by atoms with Gasteiger partial charge in [-0.1, -0.05) is 33.0 Å². The summed E-state index contributed by atoms with van der Waals surface area (Å²) in [5, 5.41) is 2.85. The molecule has 144 valence electrons. The van der Waals surface area contributed by atoms with E-state index in [1.807, 2.05) is 0 Å². The third-order valence-corrected chi connectivity index (χ3v) is 5.02. The van der Waals surface area contributed by atoms with Crippen molar-refractivity contribution in [1.29, 1.82) is 0 Å². The van der Waals surface area contributed by atoms with Gasteiger partial charge in [0.05, 0.1) is 19.9 Å². The molecule has 0 atom stereocenters. The second kappa shape index (κ2) is 8.10. The Kier molecular flexibility index (Phi) is 6.27. The quantitative estimate of drug-likeness (QED) is 0.601. The lowest BCUT2D eigenvalue weighted by molar-refractivity contribution is -0.120. The van der Waals surface area contributed by atoms with Crippen LogP contribution in [0.25, 0.3) is 0 Å². The van der Waals surface area contributed by atoms with Gasteiger partial charge in [-0.2, -0.15) is 0 Å². The topological polar surface area (TPSA) is 84.9 Å². The third kappa shape index (κ3) is 4.67. The van der Waals surface area contributed by atoms with Crippen LogP contribution in [-0.4, -0.2) is 35.5 Å². The van der Waals surface area contributed by atoms with Crippen molar-refractivity contribution in [3.05, 3.63) is 24.3 Å². The first kappa shape index (κ1) is 20.9. The summed E-state index contributed by atoms with van der Waals surface area (Å²) < 4.78 is 11.0. The highest BCUT2D eigenvalue weighted by Gasteiger charge is 2.28. The van der Waals surface area contributed by atoms with Gasteiger partial charge in [-0.25, -0.2) is 4.90 Å². The van der Waals surface area contributed by atoms with Crippen LogP contribution >= 0.6 is 24.0 Å². The molecule has 27 heavy (non-hydrogen) atoms. The molecule has 1 heterocycles. The van der Waals surface area contributed by atoms with Gasteiger partial charge in [-0.3, -0.25) is 14.4 Å². The first-order valence-corrected chi connectivity index (χ1v) is 9.16. The van der Waals surface area contributed by atoms with Gasteiger partial charge in [0.15, 0.2) is 0 Å². The number of carbonyl (C=O) groups excluding carboxylic acids is 3. The van der Waals surface area contributed by atoms with E-state index < -0.39 is 17.2 Å². The van der Waals surface area contributed by atoms with E-state index in [2.05, 4.69) is 5.32 Å². The van der Waals surface area contributed by atoms with E-state index in [-0.39, 0.29) is 9.44 Å². The molecule has 0 spiro atoms. The number of methoxy groups -OCH3 is 2. The maximum atomic E-state index is 12.2. The largest absolute Gasteiger partial charge is 0.494 e. The van der Waals surface area contributed by atoms with Gasteiger partial charge in [0.2, 0.25) is 5.12 Å². The van der Waals surface area contributed by atoms with Crippen molar-refractivity contribution >= 4 is 56.6 Å². The number of carbonyl (C=O) groups is 3. The molecule has 2 amide bonds. The van der Waals surface area contributed by atoms with Crippen LogP contribution in [0.5, 0.6) is 11.5 Å². The molecule has 0 fully saturated rings. The average molecular weight is 409 g/mol. The lowest BCUT2D eigenvalue weighted by Crippen LogP contribution is -2.29. The first-order chi connectivity index (χ1) is 12.6. The van der Waals surface area contributed by atoms with Gasteiger partial charge < -0.3 is 14.8 Å². The Morgan fingerprint density at radius 3 is 1.96 bits per heavy atom. The van der Waals surface area contributed by atoms with Crippen molar-refractivity contribution in [2.75, 3.05) is 24.4 Å². The summed E-state index contributed by atoms with van der Waals surface area (Å²) in [6, 6.07) is 3.04. The van der Waals surface area contributed by atoms with Crippen LogP contribution in [0.4, 0.5) is 11.4 Å². The number of thioether (sulfide) groups is 1. The smallest absolute Gasteiger partial charge is 0.258 e. The Labute approximate surface area is 167 Å². The van der Waals surface area contributed by atoms with Crippen molar-refractivity contribution in [2.45, 2.75) is 20.8 Å². The second-order valence-corrected chi connectivity index (χ2v) is 8.27. The van der Waals surface area contributed by atoms with Crippen LogP contribution in [0.1, 0.15) is 20.8 Å². The Morgan fingerprint density at radius 2 is 1.56 bits per heavy atom. The van der Waals surface area contributed by atoms with E-state index in [0.29, 0.717) is 22.9 Å². The molecule has 0 radical (unpaired) electrons. The minimum atomic E-state index is -0.544. The fraction of sp³-hybridized carbons (Fsp3) is 0.333. The standard InChI is InChI=1S/C18H20N2O5S2/c1-18(2,3)16(23)27-17(26)19-15-11(24-4)8-10(9-12(15)25-5)20-13(21)6-7-14(20)22/h6-9H,1-5H3,(H,19,26). The number of rotatable bonds is 4. The number of benzene rings is 1. The molecule has 0 aliphatic carbocycles. The fourth-order valence-corrected chi connectivity index (χ4v) is 3.13. The van der Waals surface area contributed by atoms with Crippen molar-refractivity contribution in [1.82, 2.24) is 0 Å². The minimum Gasteiger partial charge on any atom is -0.494 e. The average Bonchev–Trinajstić information content (AvgIpc) is 2.92. The summed E-state index contributed by atoms with van der Waals surface area (Å²) in [5.74, 6) is -0.288. The SMILES string of the molecule is COc1cc(N2C(=O)C=CC2=O)cc(OC)c1NC(=S)SC(=O)C(C)(C)C. The number of hydrogen-bond donors (Lipinski definition) is 1. The number of hydrogen-bond acceptors (Lipinski definition) is 7. The highest BCUT2D eigenvalue weighted by molar-refractivity contribution is 8.33. The van der Waals surface area contributed by atoms with E-state index in [1.54, 1.807) is 20.8 Å². The summed E-state index contributed by atoms with van der Waals surface area (Å²) in [7, 11) is 2.87. The van der Waals surface area contributed by atoms with Gasteiger partial charge in [0, 0.05) is 29.7 Å². The molecule has 7 nitrogen and oxygen atoms in total. The van der Waals surface area contributed by atoms with Crippen LogP contribution in [0.15, 0.2) is 24.3 Å². The third-order valence-electron chi connectivity index (χ3n) is 3.58. The van der Waals surface area contributed by atoms with E-state index in [9.17, 15) is 14.4 Å². The van der Waals surface area contributed by atoms with E-state index in [1.165, 1.54) is 38.5 Å². The molecule has 0 aromatic heterocycles. The zero-order chi connectivity index (χ0) is 20.4. The number of anilines is 2. The lowest BCUT2D eigenvalue weighted by Gasteiger charge is -2.21. The molecule has 9 heteroatoms. The highest BCUT2D eigenvalue weighted by atomic mass is 32.2. The van der Waals surface area contributed by atoms with Gasteiger partial charge in [0.25, 0.3) is 11.8 Å². The zero-order valence-corrected chi connectivity index (χ0v) is 17.2. The van der Waals surface area contributed by atoms with Crippen molar-refractivity contribution in [3.8, 4) is 11.5 Å². The Bertz CT molecular complexity index is 800. The zero-order valence-electron chi connectivity index (χ0n) is 15.6. The molecule has 0 saturated carbocycles. The Balaban J connectivity index is 2.34. The minimum absolute atomic E-state index is 0.0890. The summed E-state index contributed by atoms with van der Waals surface area (Å²) in [6.07, 6.45) is 2.38. The van der Waals surface area contributed by atoms with E-state index in [0.717, 1.165) is 16.7 Å². The lowest BCUT2D eigenvalue weighted by atomic mass is 10.00. The summed E-state index contributed by atoms with van der Waals surface area (Å²) in [4.78, 5) is 37.0. The predicted molar refractivity (Wildman–Crippen MR) is 109 cm³/mol. The van der Waals surface area contributed by atoms with Gasteiger partial charge >= 0.3 is 0 Å². The molecular formula is C18H20N2O5S2. The van der Waals surface area contributed by atoms with Crippen LogP contribution in [-0.2, 0) is 14.4 Å². The van der Waals surface area contributed by atoms with Crippen LogP contribution in [0, 0.1) is 5.41 Å². The normalized spacial score (nSPS) is 13.7. The molecule has 1 aliphatic rings. The number of ether oxygens (including phenoxy) is 2. The van der Waals surface area contributed by atoms with Crippen LogP contribution in [0.2, 0.25) is 0 Å². The molecular weight excluding hydrogens is 388 g/mol. The number of nitrogens with one attached hydrogen (secondary N) is 1. The number of imide groups is 1. The second-order valence-electron chi connectivity index (χ2n) is 6.62. The predicted octanol–water partition coefficient (Wildman–Crippen LogP) is 3.14. The molecule has 1 aromatic rings. The monoisotopic (exact) mass is 408 g/mol. The summed E-state index contributed by atoms with van der Waals surface area (Å²) in [6.45, 7) is 5.41. The highest BCUT2D eigenvalue weighted by Crippen LogP contribution is 2.40. The fourth-order valence-electron chi connectivity index (χ4n) is 2.17. The molecule has 1 N–H and O–H groups in total.